The molecule has 7 heteroatoms. The summed E-state index contributed by atoms with van der Waals surface area (Å²) in [5.74, 6) is 0.303. The highest BCUT2D eigenvalue weighted by atomic mass is 32.1. The largest absolute Gasteiger partial charge is 0.496 e. The van der Waals surface area contributed by atoms with Gasteiger partial charge >= 0.3 is 0 Å². The first-order chi connectivity index (χ1) is 13.6. The minimum absolute atomic E-state index is 0.0933. The number of ether oxygens (including phenoxy) is 1. The van der Waals surface area contributed by atoms with E-state index < -0.39 is 0 Å². The van der Waals surface area contributed by atoms with E-state index in [0.717, 1.165) is 21.8 Å². The fourth-order valence-corrected chi connectivity index (χ4v) is 3.70. The standard InChI is InChI=1S/C21H23N3O3S/c1-14-5-7-18(27-2)15(12-14)17(25)6-8-20(26)22-10-9-16-21(24-13-23-16)19-4-3-11-28-19/h3-5,7,11-13H,6,8-10H2,1-2H3,(H,22,26)(H,23,24). The van der Waals surface area contributed by atoms with E-state index in [4.69, 9.17) is 4.74 Å². The molecule has 146 valence electrons. The lowest BCUT2D eigenvalue weighted by Gasteiger charge is -2.09. The Kier molecular flexibility index (Phi) is 6.60. The summed E-state index contributed by atoms with van der Waals surface area (Å²) in [5, 5.41) is 4.88. The van der Waals surface area contributed by atoms with Crippen LogP contribution in [0.4, 0.5) is 0 Å². The zero-order valence-electron chi connectivity index (χ0n) is 16.0. The van der Waals surface area contributed by atoms with Crippen molar-refractivity contribution in [1.82, 2.24) is 15.3 Å². The number of aromatic nitrogens is 2. The van der Waals surface area contributed by atoms with Crippen molar-refractivity contribution in [1.29, 1.82) is 0 Å². The molecule has 2 N–H and O–H groups in total. The number of benzene rings is 1. The van der Waals surface area contributed by atoms with E-state index in [-0.39, 0.29) is 24.5 Å². The van der Waals surface area contributed by atoms with E-state index >= 15 is 0 Å². The summed E-state index contributed by atoms with van der Waals surface area (Å²) in [6.45, 7) is 2.41. The molecule has 3 rings (SSSR count). The first-order valence-electron chi connectivity index (χ1n) is 9.09. The van der Waals surface area contributed by atoms with Crippen LogP contribution in [0.15, 0.2) is 42.0 Å². The van der Waals surface area contributed by atoms with Gasteiger partial charge in [0.2, 0.25) is 5.91 Å². The highest BCUT2D eigenvalue weighted by Gasteiger charge is 2.15. The van der Waals surface area contributed by atoms with E-state index in [1.807, 2.05) is 30.5 Å². The van der Waals surface area contributed by atoms with Crippen molar-refractivity contribution >= 4 is 23.0 Å². The monoisotopic (exact) mass is 397 g/mol. The number of hydrogen-bond donors (Lipinski definition) is 2. The van der Waals surface area contributed by atoms with Crippen molar-refractivity contribution in [2.75, 3.05) is 13.7 Å². The topological polar surface area (TPSA) is 84.1 Å². The number of ketones is 1. The predicted octanol–water partition coefficient (Wildman–Crippen LogP) is 3.78. The second-order valence-corrected chi connectivity index (χ2v) is 7.38. The Morgan fingerprint density at radius 3 is 2.86 bits per heavy atom. The first kappa shape index (κ1) is 19.8. The number of nitrogens with one attached hydrogen (secondary N) is 2. The van der Waals surface area contributed by atoms with Gasteiger partial charge in [-0.2, -0.15) is 0 Å². The van der Waals surface area contributed by atoms with Gasteiger partial charge in [-0.1, -0.05) is 17.7 Å². The number of rotatable bonds is 9. The van der Waals surface area contributed by atoms with E-state index in [0.29, 0.717) is 24.3 Å². The molecular weight excluding hydrogens is 374 g/mol. The van der Waals surface area contributed by atoms with Gasteiger partial charge < -0.3 is 15.0 Å². The maximum Gasteiger partial charge on any atom is 0.220 e. The third kappa shape index (κ3) is 4.86. The van der Waals surface area contributed by atoms with Crippen LogP contribution in [0.25, 0.3) is 10.6 Å². The van der Waals surface area contributed by atoms with Crippen LogP contribution in [0, 0.1) is 6.92 Å². The van der Waals surface area contributed by atoms with Gasteiger partial charge in [0.05, 0.1) is 23.9 Å². The summed E-state index contributed by atoms with van der Waals surface area (Å²) in [6, 6.07) is 9.47. The summed E-state index contributed by atoms with van der Waals surface area (Å²) in [6.07, 6.45) is 2.62. The quantitative estimate of drug-likeness (QED) is 0.538. The number of H-pyrrole nitrogens is 1. The van der Waals surface area contributed by atoms with Gasteiger partial charge in [0.15, 0.2) is 5.78 Å². The molecule has 2 aromatic heterocycles. The van der Waals surface area contributed by atoms with Gasteiger partial charge in [0.1, 0.15) is 11.4 Å². The number of methoxy groups -OCH3 is 1. The van der Waals surface area contributed by atoms with Crippen LogP contribution in [0.5, 0.6) is 5.75 Å². The van der Waals surface area contributed by atoms with Crippen LogP contribution >= 0.6 is 11.3 Å². The normalized spacial score (nSPS) is 10.6. The second-order valence-electron chi connectivity index (χ2n) is 6.43. The van der Waals surface area contributed by atoms with E-state index in [1.165, 1.54) is 7.11 Å². The van der Waals surface area contributed by atoms with Crippen LogP contribution in [0.3, 0.4) is 0 Å². The van der Waals surface area contributed by atoms with Gasteiger partial charge in [-0.25, -0.2) is 4.98 Å². The lowest BCUT2D eigenvalue weighted by molar-refractivity contribution is -0.121. The highest BCUT2D eigenvalue weighted by molar-refractivity contribution is 7.13. The number of imidazole rings is 1. The number of carbonyl (C=O) groups is 2. The average Bonchev–Trinajstić information content (AvgIpc) is 3.37. The molecule has 0 aliphatic rings. The Morgan fingerprint density at radius 1 is 1.25 bits per heavy atom. The number of hydrogen-bond acceptors (Lipinski definition) is 5. The molecule has 0 aliphatic carbocycles. The second kappa shape index (κ2) is 9.32. The third-order valence-corrected chi connectivity index (χ3v) is 5.28. The van der Waals surface area contributed by atoms with Gasteiger partial charge in [0.25, 0.3) is 0 Å². The molecule has 2 heterocycles. The molecule has 0 atom stereocenters. The molecule has 1 aromatic carbocycles. The SMILES string of the molecule is COc1ccc(C)cc1C(=O)CCC(=O)NCCc1[nH]cnc1-c1cccs1. The number of nitrogens with zero attached hydrogens (tertiary/aromatic N) is 1. The summed E-state index contributed by atoms with van der Waals surface area (Å²) in [4.78, 5) is 33.2. The Hall–Kier alpha value is -2.93. The number of carbonyl (C=O) groups excluding carboxylic acids is 2. The Morgan fingerprint density at radius 2 is 2.11 bits per heavy atom. The molecule has 0 fully saturated rings. The molecule has 3 aromatic rings. The summed E-state index contributed by atoms with van der Waals surface area (Å²) in [5.41, 5.74) is 3.41. The van der Waals surface area contributed by atoms with Crippen LogP contribution in [0.2, 0.25) is 0 Å². The fourth-order valence-electron chi connectivity index (χ4n) is 2.95. The number of thiophene rings is 1. The molecule has 0 bridgehead atoms. The Bertz CT molecular complexity index is 948. The molecule has 0 unspecified atom stereocenters. The molecule has 1 amide bonds. The molecule has 0 saturated heterocycles. The molecular formula is C21H23N3O3S. The molecule has 0 saturated carbocycles. The summed E-state index contributed by atoms with van der Waals surface area (Å²) >= 11 is 1.63. The highest BCUT2D eigenvalue weighted by Crippen LogP contribution is 2.25. The van der Waals surface area contributed by atoms with Crippen molar-refractivity contribution in [3.05, 3.63) is 58.9 Å². The van der Waals surface area contributed by atoms with Gasteiger partial charge in [-0.15, -0.1) is 11.3 Å². The maximum atomic E-state index is 12.4. The molecule has 0 aliphatic heterocycles. The van der Waals surface area contributed by atoms with Crippen LogP contribution in [-0.2, 0) is 11.2 Å². The average molecular weight is 398 g/mol. The van der Waals surface area contributed by atoms with E-state index in [2.05, 4.69) is 15.3 Å². The number of aromatic amines is 1. The Labute approximate surface area is 168 Å². The molecule has 0 spiro atoms. The maximum absolute atomic E-state index is 12.4. The smallest absolute Gasteiger partial charge is 0.220 e. The lowest BCUT2D eigenvalue weighted by atomic mass is 10.0. The zero-order chi connectivity index (χ0) is 19.9. The van der Waals surface area contributed by atoms with E-state index in [1.54, 1.807) is 29.8 Å². The summed E-state index contributed by atoms with van der Waals surface area (Å²) < 4.78 is 5.25. The van der Waals surface area contributed by atoms with E-state index in [9.17, 15) is 9.59 Å². The molecule has 28 heavy (non-hydrogen) atoms. The zero-order valence-corrected chi connectivity index (χ0v) is 16.8. The number of Topliss-reactive ketones (excluding diaryl/α,β-unsaturated/α-hetero) is 1. The van der Waals surface area contributed by atoms with Crippen molar-refractivity contribution in [2.45, 2.75) is 26.2 Å². The number of aryl methyl sites for hydroxylation is 1. The van der Waals surface area contributed by atoms with Crippen molar-refractivity contribution in [3.8, 4) is 16.3 Å². The Balaban J connectivity index is 1.47. The minimum atomic E-state index is -0.142. The van der Waals surface area contributed by atoms with Crippen LogP contribution in [0.1, 0.15) is 34.5 Å². The van der Waals surface area contributed by atoms with Gasteiger partial charge in [-0.05, 0) is 30.5 Å². The fraction of sp³-hybridized carbons (Fsp3) is 0.286. The van der Waals surface area contributed by atoms with Crippen LogP contribution in [-0.4, -0.2) is 35.3 Å². The van der Waals surface area contributed by atoms with Crippen molar-refractivity contribution in [3.63, 3.8) is 0 Å². The lowest BCUT2D eigenvalue weighted by Crippen LogP contribution is -2.26. The first-order valence-corrected chi connectivity index (χ1v) is 9.97. The minimum Gasteiger partial charge on any atom is -0.496 e. The van der Waals surface area contributed by atoms with Crippen molar-refractivity contribution < 1.29 is 14.3 Å². The predicted molar refractivity (Wildman–Crippen MR) is 110 cm³/mol. The third-order valence-electron chi connectivity index (χ3n) is 4.40. The molecule has 6 nitrogen and oxygen atoms in total. The van der Waals surface area contributed by atoms with Gasteiger partial charge in [-0.3, -0.25) is 9.59 Å². The molecule has 0 radical (unpaired) electrons. The summed E-state index contributed by atoms with van der Waals surface area (Å²) in [7, 11) is 1.54. The van der Waals surface area contributed by atoms with Crippen LogP contribution < -0.4 is 10.1 Å². The van der Waals surface area contributed by atoms with Crippen molar-refractivity contribution in [2.24, 2.45) is 0 Å². The number of amides is 1. The van der Waals surface area contributed by atoms with Gasteiger partial charge in [0, 0.05) is 31.5 Å².